The second kappa shape index (κ2) is 26.7. The van der Waals surface area contributed by atoms with Crippen LogP contribution in [0.5, 0.6) is 34.9 Å². The van der Waals surface area contributed by atoms with Crippen molar-refractivity contribution in [2.45, 2.75) is 183 Å². The van der Waals surface area contributed by atoms with E-state index in [1.165, 1.54) is 24.7 Å². The zero-order valence-corrected chi connectivity index (χ0v) is 53.9. The van der Waals surface area contributed by atoms with E-state index >= 15 is 0 Å². The minimum atomic E-state index is -1.06. The molecule has 0 radical (unpaired) electrons. The molecule has 18 nitrogen and oxygen atoms in total. The molecular weight excluding hydrogens is 1140 g/mol. The molecule has 6 heterocycles. The Morgan fingerprint density at radius 1 is 0.545 bits per heavy atom. The first-order chi connectivity index (χ1) is 41.3. The Bertz CT molecular complexity index is 3720. The number of ketones is 3. The van der Waals surface area contributed by atoms with Gasteiger partial charge in [0, 0.05) is 30.7 Å². The molecule has 88 heavy (non-hydrogen) atoms. The fourth-order valence-corrected chi connectivity index (χ4v) is 11.2. The molecule has 9 rings (SSSR count). The molecule has 3 aromatic heterocycles. The summed E-state index contributed by atoms with van der Waals surface area (Å²) in [5, 5.41) is 36.1. The molecule has 0 spiro atoms. The number of benzene rings is 3. The number of aliphatic hydroxyl groups is 3. The molecule has 2 unspecified atom stereocenters. The van der Waals surface area contributed by atoms with Gasteiger partial charge in [0.15, 0.2) is 23.5 Å². The van der Waals surface area contributed by atoms with Crippen molar-refractivity contribution in [2.24, 2.45) is 5.18 Å². The van der Waals surface area contributed by atoms with Crippen LogP contribution in [0.25, 0.3) is 16.7 Å². The number of aromatic nitrogens is 4. The summed E-state index contributed by atoms with van der Waals surface area (Å²) in [6, 6.07) is 21.4. The van der Waals surface area contributed by atoms with Gasteiger partial charge in [0.25, 0.3) is 0 Å². The van der Waals surface area contributed by atoms with Gasteiger partial charge >= 0.3 is 5.88 Å². The maximum absolute atomic E-state index is 13.6. The standard InChI is InChI=1S/C24H27ClN2O5.C24H29NO4.C21H24N2O4/c1-6-10-24(5)21(29)19(20(28)23(3,4)32-24)17-12-16(9-8-14(17)7-2)31-22-18(27-30)11-15(25)13-26-22;1-7-16-10-11-17(28-19-12-9-15(3)14-25-19)13-18(16)20-21(26)23(4,5)29-24(6,8-2)22(20)27;1-6-13-7-8-14(26-16-12-22-9-10-23-16)11-15(13)17-18(24)20(2,3)27-21(4,5)19(17)25/h8-9,11-13,28H,6-7,10H2,1-5H3;9-14,26H,7-8H2,1-6H3;7-12,24H,6H2,1-5H3/p+1. The van der Waals surface area contributed by atoms with Crippen LogP contribution in [0.2, 0.25) is 5.02 Å². The molecule has 4 N–H and O–H groups in total. The maximum atomic E-state index is 13.6. The lowest BCUT2D eigenvalue weighted by Gasteiger charge is -2.42. The van der Waals surface area contributed by atoms with Gasteiger partial charge in [0.2, 0.25) is 17.4 Å². The lowest BCUT2D eigenvalue weighted by Crippen LogP contribution is -2.51. The van der Waals surface area contributed by atoms with Crippen molar-refractivity contribution in [1.82, 2.24) is 15.0 Å². The second-order valence-electron chi connectivity index (χ2n) is 24.2. The number of nitrogens with zero attached hydrogens (tertiary/aromatic N) is 4. The van der Waals surface area contributed by atoms with E-state index in [9.17, 15) is 34.6 Å². The molecule has 0 bridgehead atoms. The molecule has 0 aliphatic carbocycles. The third-order valence-electron chi connectivity index (χ3n) is 15.7. The number of aryl methyl sites for hydroxylation is 4. The number of pyridine rings is 2. The second-order valence-corrected chi connectivity index (χ2v) is 24.7. The van der Waals surface area contributed by atoms with Crippen molar-refractivity contribution in [2.75, 3.05) is 0 Å². The summed E-state index contributed by atoms with van der Waals surface area (Å²) in [7, 11) is 0. The van der Waals surface area contributed by atoms with Crippen LogP contribution in [-0.2, 0) is 47.9 Å². The lowest BCUT2D eigenvalue weighted by molar-refractivity contribution is -0.389. The summed E-state index contributed by atoms with van der Waals surface area (Å²) in [5.74, 6) is 1.41. The summed E-state index contributed by atoms with van der Waals surface area (Å²) in [6.45, 7) is 29.4. The van der Waals surface area contributed by atoms with E-state index in [2.05, 4.69) is 25.1 Å². The molecule has 3 aliphatic heterocycles. The first-order valence-corrected chi connectivity index (χ1v) is 29.9. The number of ether oxygens (including phenoxy) is 6. The predicted molar refractivity (Wildman–Crippen MR) is 337 cm³/mol. The van der Waals surface area contributed by atoms with E-state index in [1.807, 2.05) is 77.9 Å². The monoisotopic (exact) mass is 1220 g/mol. The van der Waals surface area contributed by atoms with Gasteiger partial charge in [-0.1, -0.05) is 76.9 Å². The number of nitroso groups, excluding NO2 is 1. The van der Waals surface area contributed by atoms with Crippen molar-refractivity contribution in [3.63, 3.8) is 0 Å². The Balaban J connectivity index is 0.000000189. The van der Waals surface area contributed by atoms with E-state index in [0.717, 1.165) is 28.7 Å². The van der Waals surface area contributed by atoms with Crippen molar-refractivity contribution >= 4 is 51.4 Å². The van der Waals surface area contributed by atoms with Crippen molar-refractivity contribution < 1.29 is 63.1 Å². The van der Waals surface area contributed by atoms with Crippen LogP contribution in [-0.4, -0.2) is 81.2 Å². The highest BCUT2D eigenvalue weighted by Crippen LogP contribution is 2.47. The Morgan fingerprint density at radius 3 is 1.45 bits per heavy atom. The third kappa shape index (κ3) is 14.4. The molecule has 6 aromatic rings. The van der Waals surface area contributed by atoms with Crippen LogP contribution >= 0.6 is 11.6 Å². The highest BCUT2D eigenvalue weighted by atomic mass is 35.5. The van der Waals surface area contributed by atoms with Gasteiger partial charge in [-0.25, -0.2) is 9.97 Å². The average Bonchev–Trinajstić information content (AvgIpc) is 0.815. The number of Topliss-reactive ketones (excluding diaryl/α,β-unsaturated/α-hetero) is 3. The Morgan fingerprint density at radius 2 is 1.01 bits per heavy atom. The van der Waals surface area contributed by atoms with Crippen LogP contribution < -0.4 is 19.2 Å². The van der Waals surface area contributed by atoms with E-state index < -0.39 is 33.6 Å². The number of halogens is 1. The smallest absolute Gasteiger partial charge is 0.401 e. The number of nitrogens with one attached hydrogen (secondary N) is 1. The topological polar surface area (TPSA) is 250 Å². The van der Waals surface area contributed by atoms with E-state index in [0.29, 0.717) is 88.4 Å². The quantitative estimate of drug-likeness (QED) is 0.0762. The van der Waals surface area contributed by atoms with Gasteiger partial charge < -0.3 is 43.7 Å². The van der Waals surface area contributed by atoms with Gasteiger partial charge in [0.1, 0.15) is 73.2 Å². The highest BCUT2D eigenvalue weighted by molar-refractivity contribution is 6.30. The summed E-state index contributed by atoms with van der Waals surface area (Å²) in [6.07, 6.45) is 11.7. The molecule has 19 heteroatoms. The van der Waals surface area contributed by atoms with Gasteiger partial charge in [-0.15, -0.1) is 4.91 Å². The number of rotatable bonds is 16. The molecule has 0 saturated heterocycles. The summed E-state index contributed by atoms with van der Waals surface area (Å²) >= 11 is 5.91. The Kier molecular flexibility index (Phi) is 20.4. The van der Waals surface area contributed by atoms with Crippen molar-refractivity contribution in [3.8, 4) is 34.9 Å². The predicted octanol–water partition coefficient (Wildman–Crippen LogP) is 15.9. The van der Waals surface area contributed by atoms with Crippen LogP contribution in [0.1, 0.15) is 162 Å². The largest absolute Gasteiger partial charge is 0.508 e. The molecule has 3 aromatic carbocycles. The first-order valence-electron chi connectivity index (χ1n) is 29.6. The Labute approximate surface area is 520 Å². The number of hydrogen-bond acceptors (Lipinski definition) is 17. The van der Waals surface area contributed by atoms with Gasteiger partial charge in [0.05, 0.1) is 22.9 Å². The highest BCUT2D eigenvalue weighted by Gasteiger charge is 2.51. The van der Waals surface area contributed by atoms with Crippen LogP contribution in [0.3, 0.4) is 0 Å². The van der Waals surface area contributed by atoms with Crippen molar-refractivity contribution in [1.29, 1.82) is 0 Å². The molecule has 3 aliphatic rings. The third-order valence-corrected chi connectivity index (χ3v) is 15.9. The van der Waals surface area contributed by atoms with Crippen molar-refractivity contribution in [3.05, 3.63) is 170 Å². The average molecular weight is 1220 g/mol. The fraction of sp³-hybridized carbons (Fsp3) is 0.406. The zero-order valence-electron chi connectivity index (χ0n) is 53.1. The minimum absolute atomic E-state index is 0.0134. The first kappa shape index (κ1) is 67.3. The molecule has 0 amide bonds. The van der Waals surface area contributed by atoms with Gasteiger partial charge in [-0.3, -0.25) is 19.4 Å². The summed E-state index contributed by atoms with van der Waals surface area (Å²) < 4.78 is 35.4. The SMILES string of the molecule is CCCC1(C)OC(C)(C)C(O)=C(c2cc(Oc3[nH+]cc(Cl)cc3N=O)ccc2CC)C1=O.CCc1ccc(Oc2ccc(C)cn2)cc1C1=C(O)C(C)(C)OC(C)(CC)C1=O.CCc1ccc(Oc2cnccn2)cc1C1=C(O)C(C)(C)OC(C)(C)C1=O. The van der Waals surface area contributed by atoms with Crippen LogP contribution in [0, 0.1) is 11.8 Å². The number of aromatic amines is 1. The number of carbonyl (C=O) groups is 3. The normalized spacial score (nSPS) is 20.1. The number of aliphatic hydroxyl groups excluding tert-OH is 3. The molecule has 2 atom stereocenters. The molecule has 466 valence electrons. The molecular formula is C69H81ClN5O13+. The minimum Gasteiger partial charge on any atom is -0.508 e. The fourth-order valence-electron chi connectivity index (χ4n) is 11.0. The number of hydrogen-bond donors (Lipinski definition) is 3. The number of carbonyl (C=O) groups excluding carboxylic acids is 3. The van der Waals surface area contributed by atoms with E-state index in [1.54, 1.807) is 112 Å². The Hall–Kier alpha value is -8.16. The van der Waals surface area contributed by atoms with E-state index in [4.69, 9.17) is 40.0 Å². The molecule has 0 saturated carbocycles. The van der Waals surface area contributed by atoms with Gasteiger partial charge in [-0.05, 0) is 189 Å². The number of H-pyrrole nitrogens is 1. The summed E-state index contributed by atoms with van der Waals surface area (Å²) in [4.78, 5) is 66.3. The van der Waals surface area contributed by atoms with Gasteiger partial charge in [-0.2, -0.15) is 4.98 Å². The lowest BCUT2D eigenvalue weighted by atomic mass is 9.79. The maximum Gasteiger partial charge on any atom is 0.401 e. The summed E-state index contributed by atoms with van der Waals surface area (Å²) in [5.41, 5.74) is 0.467. The molecule has 0 fully saturated rings. The van der Waals surface area contributed by atoms with E-state index in [-0.39, 0.29) is 57.3 Å². The van der Waals surface area contributed by atoms with Crippen LogP contribution in [0.15, 0.2) is 126 Å². The van der Waals surface area contributed by atoms with Crippen LogP contribution in [0.4, 0.5) is 5.69 Å². The zero-order chi connectivity index (χ0) is 64.9.